The van der Waals surface area contributed by atoms with Crippen LogP contribution >= 0.6 is 11.3 Å². The second-order valence-corrected chi connectivity index (χ2v) is 6.44. The standard InChI is InChI=1S/C19H18FN3OS/c20-15-6-4-14(5-7-15)10-12-22-18(24)9-8-16-13-25-19(23-16)17-3-1-2-11-21-17/h1-7,11,13H,8-10,12H2,(H,22,24). The SMILES string of the molecule is O=C(CCc1csc(-c2ccccn2)n1)NCCc1ccc(F)cc1. The zero-order chi connectivity index (χ0) is 17.5. The highest BCUT2D eigenvalue weighted by molar-refractivity contribution is 7.13. The summed E-state index contributed by atoms with van der Waals surface area (Å²) < 4.78 is 12.8. The zero-order valence-corrected chi connectivity index (χ0v) is 14.4. The summed E-state index contributed by atoms with van der Waals surface area (Å²) in [7, 11) is 0. The van der Waals surface area contributed by atoms with E-state index in [1.807, 2.05) is 23.6 Å². The Morgan fingerprint density at radius 2 is 1.96 bits per heavy atom. The van der Waals surface area contributed by atoms with Gasteiger partial charge in [-0.3, -0.25) is 9.78 Å². The molecule has 2 aromatic heterocycles. The van der Waals surface area contributed by atoms with Gasteiger partial charge in [0.2, 0.25) is 5.91 Å². The number of pyridine rings is 1. The van der Waals surface area contributed by atoms with E-state index in [1.165, 1.54) is 23.5 Å². The maximum absolute atomic E-state index is 12.8. The normalized spacial score (nSPS) is 10.6. The highest BCUT2D eigenvalue weighted by atomic mass is 32.1. The van der Waals surface area contributed by atoms with Gasteiger partial charge in [0.15, 0.2) is 0 Å². The molecule has 0 fully saturated rings. The summed E-state index contributed by atoms with van der Waals surface area (Å²) in [6.45, 7) is 0.542. The molecule has 0 bridgehead atoms. The molecule has 0 saturated heterocycles. The molecule has 0 atom stereocenters. The number of nitrogens with zero attached hydrogens (tertiary/aromatic N) is 2. The third kappa shape index (κ3) is 5.19. The molecule has 128 valence electrons. The van der Waals surface area contributed by atoms with Crippen molar-refractivity contribution in [2.45, 2.75) is 19.3 Å². The Morgan fingerprint density at radius 3 is 2.72 bits per heavy atom. The molecule has 25 heavy (non-hydrogen) atoms. The van der Waals surface area contributed by atoms with E-state index in [-0.39, 0.29) is 11.7 Å². The number of rotatable bonds is 7. The van der Waals surface area contributed by atoms with Gasteiger partial charge in [0.05, 0.1) is 11.4 Å². The molecule has 0 spiro atoms. The molecule has 0 radical (unpaired) electrons. The quantitative estimate of drug-likeness (QED) is 0.704. The Balaban J connectivity index is 1.42. The number of amides is 1. The minimum Gasteiger partial charge on any atom is -0.356 e. The highest BCUT2D eigenvalue weighted by Crippen LogP contribution is 2.21. The van der Waals surface area contributed by atoms with E-state index >= 15 is 0 Å². The van der Waals surface area contributed by atoms with Crippen LogP contribution in [-0.2, 0) is 17.6 Å². The third-order valence-electron chi connectivity index (χ3n) is 3.69. The molecule has 1 aromatic carbocycles. The Hall–Kier alpha value is -2.60. The minimum atomic E-state index is -0.249. The molecule has 0 aliphatic heterocycles. The van der Waals surface area contributed by atoms with Crippen molar-refractivity contribution >= 4 is 17.2 Å². The first-order valence-corrected chi connectivity index (χ1v) is 8.95. The predicted octanol–water partition coefficient (Wildman–Crippen LogP) is 3.64. The number of aryl methyl sites for hydroxylation is 1. The molecule has 3 aromatic rings. The average Bonchev–Trinajstić information content (AvgIpc) is 3.11. The van der Waals surface area contributed by atoms with Gasteiger partial charge < -0.3 is 5.32 Å². The molecule has 6 heteroatoms. The van der Waals surface area contributed by atoms with Gasteiger partial charge in [-0.1, -0.05) is 18.2 Å². The topological polar surface area (TPSA) is 54.9 Å². The molecule has 4 nitrogen and oxygen atoms in total. The van der Waals surface area contributed by atoms with Gasteiger partial charge in [-0.15, -0.1) is 11.3 Å². The van der Waals surface area contributed by atoms with Crippen LogP contribution < -0.4 is 5.32 Å². The molecule has 1 amide bonds. The lowest BCUT2D eigenvalue weighted by atomic mass is 10.1. The van der Waals surface area contributed by atoms with E-state index in [0.29, 0.717) is 25.8 Å². The van der Waals surface area contributed by atoms with Crippen molar-refractivity contribution < 1.29 is 9.18 Å². The fourth-order valence-corrected chi connectivity index (χ4v) is 3.19. The maximum Gasteiger partial charge on any atom is 0.220 e. The lowest BCUT2D eigenvalue weighted by Gasteiger charge is -2.05. The first-order valence-electron chi connectivity index (χ1n) is 8.07. The Kier molecular flexibility index (Phi) is 5.85. The molecule has 0 unspecified atom stereocenters. The molecule has 2 heterocycles. The monoisotopic (exact) mass is 355 g/mol. The lowest BCUT2D eigenvalue weighted by molar-refractivity contribution is -0.121. The van der Waals surface area contributed by atoms with E-state index < -0.39 is 0 Å². The van der Waals surface area contributed by atoms with Crippen LogP contribution in [0.5, 0.6) is 0 Å². The molecular formula is C19H18FN3OS. The Morgan fingerprint density at radius 1 is 1.12 bits per heavy atom. The second kappa shape index (κ2) is 8.48. The number of carbonyl (C=O) groups excluding carboxylic acids is 1. The van der Waals surface area contributed by atoms with E-state index in [1.54, 1.807) is 18.3 Å². The minimum absolute atomic E-state index is 0.00509. The smallest absolute Gasteiger partial charge is 0.220 e. The van der Waals surface area contributed by atoms with Crippen LogP contribution in [0.1, 0.15) is 17.7 Å². The number of benzene rings is 1. The summed E-state index contributed by atoms with van der Waals surface area (Å²) in [6.07, 6.45) is 3.43. The maximum atomic E-state index is 12.8. The molecule has 1 N–H and O–H groups in total. The van der Waals surface area contributed by atoms with E-state index in [0.717, 1.165) is 22.0 Å². The van der Waals surface area contributed by atoms with Crippen molar-refractivity contribution in [1.29, 1.82) is 0 Å². The zero-order valence-electron chi connectivity index (χ0n) is 13.6. The fourth-order valence-electron chi connectivity index (χ4n) is 2.36. The van der Waals surface area contributed by atoms with Crippen LogP contribution in [0.25, 0.3) is 10.7 Å². The van der Waals surface area contributed by atoms with Crippen molar-refractivity contribution in [3.8, 4) is 10.7 Å². The van der Waals surface area contributed by atoms with Crippen LogP contribution in [0.2, 0.25) is 0 Å². The average molecular weight is 355 g/mol. The van der Waals surface area contributed by atoms with Gasteiger partial charge in [0.25, 0.3) is 0 Å². The first kappa shape index (κ1) is 17.2. The number of nitrogens with one attached hydrogen (secondary N) is 1. The van der Waals surface area contributed by atoms with Gasteiger partial charge in [-0.05, 0) is 42.7 Å². The number of hydrogen-bond acceptors (Lipinski definition) is 4. The van der Waals surface area contributed by atoms with Crippen molar-refractivity contribution in [2.24, 2.45) is 0 Å². The fraction of sp³-hybridized carbons (Fsp3) is 0.211. The predicted molar refractivity (Wildman–Crippen MR) is 96.8 cm³/mol. The van der Waals surface area contributed by atoms with Crippen LogP contribution in [0, 0.1) is 5.82 Å². The molecule has 0 aliphatic rings. The van der Waals surface area contributed by atoms with Gasteiger partial charge in [-0.25, -0.2) is 9.37 Å². The van der Waals surface area contributed by atoms with Crippen molar-refractivity contribution in [3.05, 3.63) is 71.1 Å². The van der Waals surface area contributed by atoms with E-state index in [9.17, 15) is 9.18 Å². The summed E-state index contributed by atoms with van der Waals surface area (Å²) in [4.78, 5) is 20.7. The van der Waals surface area contributed by atoms with E-state index in [4.69, 9.17) is 0 Å². The molecular weight excluding hydrogens is 337 g/mol. The van der Waals surface area contributed by atoms with Crippen molar-refractivity contribution in [1.82, 2.24) is 15.3 Å². The largest absolute Gasteiger partial charge is 0.356 e. The van der Waals surface area contributed by atoms with Gasteiger partial charge in [-0.2, -0.15) is 0 Å². The summed E-state index contributed by atoms with van der Waals surface area (Å²) in [5.74, 6) is -0.254. The van der Waals surface area contributed by atoms with E-state index in [2.05, 4.69) is 15.3 Å². The summed E-state index contributed by atoms with van der Waals surface area (Å²) in [5.41, 5.74) is 2.75. The second-order valence-electron chi connectivity index (χ2n) is 5.59. The highest BCUT2D eigenvalue weighted by Gasteiger charge is 2.08. The third-order valence-corrected chi connectivity index (χ3v) is 4.61. The van der Waals surface area contributed by atoms with Gasteiger partial charge in [0.1, 0.15) is 10.8 Å². The summed E-state index contributed by atoms with van der Waals surface area (Å²) in [6, 6.07) is 12.0. The van der Waals surface area contributed by atoms with Crippen LogP contribution in [0.4, 0.5) is 4.39 Å². The summed E-state index contributed by atoms with van der Waals surface area (Å²) >= 11 is 1.53. The van der Waals surface area contributed by atoms with Crippen LogP contribution in [0.15, 0.2) is 54.0 Å². The molecule has 0 aliphatic carbocycles. The van der Waals surface area contributed by atoms with Gasteiger partial charge >= 0.3 is 0 Å². The summed E-state index contributed by atoms with van der Waals surface area (Å²) in [5, 5.41) is 5.72. The molecule has 3 rings (SSSR count). The molecule has 0 saturated carbocycles. The Labute approximate surface area is 149 Å². The number of hydrogen-bond donors (Lipinski definition) is 1. The van der Waals surface area contributed by atoms with Crippen LogP contribution in [0.3, 0.4) is 0 Å². The number of thiazole rings is 1. The number of carbonyl (C=O) groups is 1. The number of aromatic nitrogens is 2. The van der Waals surface area contributed by atoms with Crippen molar-refractivity contribution in [2.75, 3.05) is 6.54 Å². The van der Waals surface area contributed by atoms with Crippen molar-refractivity contribution in [3.63, 3.8) is 0 Å². The van der Waals surface area contributed by atoms with Crippen LogP contribution in [-0.4, -0.2) is 22.4 Å². The number of halogens is 1. The van der Waals surface area contributed by atoms with Gasteiger partial charge in [0, 0.05) is 24.5 Å². The Bertz CT molecular complexity index is 818. The first-order chi connectivity index (χ1) is 12.2. The lowest BCUT2D eigenvalue weighted by Crippen LogP contribution is -2.25.